The van der Waals surface area contributed by atoms with Crippen molar-refractivity contribution < 1.29 is 9.53 Å². The first-order valence-electron chi connectivity index (χ1n) is 4.42. The van der Waals surface area contributed by atoms with Crippen molar-refractivity contribution in [3.63, 3.8) is 0 Å². The highest BCUT2D eigenvalue weighted by atomic mass is 32.1. The molecule has 3 heteroatoms. The Bertz CT molecular complexity index is 289. The Morgan fingerprint density at radius 3 is 2.77 bits per heavy atom. The molecule has 0 N–H and O–H groups in total. The summed E-state index contributed by atoms with van der Waals surface area (Å²) >= 11 is 1.60. The predicted molar refractivity (Wildman–Crippen MR) is 54.2 cm³/mol. The summed E-state index contributed by atoms with van der Waals surface area (Å²) in [5.41, 5.74) is 0.676. The Hall–Kier alpha value is -0.830. The van der Waals surface area contributed by atoms with Crippen LogP contribution in [-0.4, -0.2) is 12.1 Å². The quantitative estimate of drug-likeness (QED) is 0.698. The zero-order valence-electron chi connectivity index (χ0n) is 8.16. The van der Waals surface area contributed by atoms with E-state index in [-0.39, 0.29) is 12.1 Å². The molecule has 0 fully saturated rings. The van der Waals surface area contributed by atoms with E-state index < -0.39 is 0 Å². The van der Waals surface area contributed by atoms with Gasteiger partial charge in [-0.15, -0.1) is 11.3 Å². The number of thiophene rings is 1. The maximum absolute atomic E-state index is 11.4. The molecule has 1 aromatic rings. The Labute approximate surface area is 82.5 Å². The maximum Gasteiger partial charge on any atom is 0.339 e. The van der Waals surface area contributed by atoms with E-state index in [1.807, 2.05) is 25.3 Å². The molecule has 13 heavy (non-hydrogen) atoms. The molecule has 1 aromatic heterocycles. The lowest BCUT2D eigenvalue weighted by atomic mass is 10.3. The van der Waals surface area contributed by atoms with E-state index in [9.17, 15) is 4.79 Å². The number of carbonyl (C=O) groups is 1. The highest BCUT2D eigenvalue weighted by Gasteiger charge is 2.10. The van der Waals surface area contributed by atoms with Gasteiger partial charge in [0.25, 0.3) is 0 Å². The van der Waals surface area contributed by atoms with Crippen LogP contribution in [0.25, 0.3) is 0 Å². The van der Waals surface area contributed by atoms with Crippen LogP contribution in [0.4, 0.5) is 0 Å². The van der Waals surface area contributed by atoms with Gasteiger partial charge in [0.2, 0.25) is 0 Å². The summed E-state index contributed by atoms with van der Waals surface area (Å²) in [6.07, 6.45) is 0.928. The van der Waals surface area contributed by atoms with E-state index in [4.69, 9.17) is 4.74 Å². The van der Waals surface area contributed by atoms with Crippen LogP contribution in [0.15, 0.2) is 11.4 Å². The first-order valence-corrected chi connectivity index (χ1v) is 5.29. The van der Waals surface area contributed by atoms with Crippen molar-refractivity contribution in [3.05, 3.63) is 21.9 Å². The van der Waals surface area contributed by atoms with Crippen LogP contribution in [-0.2, 0) is 11.2 Å². The molecular formula is C10H14O2S. The standard InChI is InChI=1S/C10H14O2S/c1-4-9-5-8(6-13-9)10(11)12-7(2)3/h5-7H,4H2,1-3H3. The van der Waals surface area contributed by atoms with Gasteiger partial charge >= 0.3 is 5.97 Å². The summed E-state index contributed by atoms with van der Waals surface area (Å²) in [5, 5.41) is 1.85. The molecule has 0 radical (unpaired) electrons. The van der Waals surface area contributed by atoms with E-state index >= 15 is 0 Å². The van der Waals surface area contributed by atoms with Gasteiger partial charge < -0.3 is 4.74 Å². The molecule has 0 unspecified atom stereocenters. The van der Waals surface area contributed by atoms with Gasteiger partial charge in [0.05, 0.1) is 11.7 Å². The third kappa shape index (κ3) is 2.84. The van der Waals surface area contributed by atoms with E-state index in [1.54, 1.807) is 11.3 Å². The lowest BCUT2D eigenvalue weighted by molar-refractivity contribution is 0.0378. The summed E-state index contributed by atoms with van der Waals surface area (Å²) in [6.45, 7) is 5.78. The molecule has 1 rings (SSSR count). The van der Waals surface area contributed by atoms with E-state index in [0.29, 0.717) is 5.56 Å². The number of aryl methyl sites for hydroxylation is 1. The number of ether oxygens (including phenoxy) is 1. The van der Waals surface area contributed by atoms with Crippen LogP contribution in [0.2, 0.25) is 0 Å². The summed E-state index contributed by atoms with van der Waals surface area (Å²) in [6, 6.07) is 1.90. The maximum atomic E-state index is 11.4. The molecule has 1 heterocycles. The summed E-state index contributed by atoms with van der Waals surface area (Å²) in [5.74, 6) is -0.217. The van der Waals surface area contributed by atoms with Gasteiger partial charge in [-0.2, -0.15) is 0 Å². The second kappa shape index (κ2) is 4.42. The number of hydrogen-bond donors (Lipinski definition) is 0. The molecule has 0 saturated carbocycles. The van der Waals surface area contributed by atoms with Gasteiger partial charge in [0, 0.05) is 10.3 Å². The Morgan fingerprint density at radius 1 is 1.62 bits per heavy atom. The monoisotopic (exact) mass is 198 g/mol. The van der Waals surface area contributed by atoms with Crippen LogP contribution in [0.3, 0.4) is 0 Å². The molecule has 0 aliphatic rings. The van der Waals surface area contributed by atoms with E-state index in [2.05, 4.69) is 6.92 Å². The Balaban J connectivity index is 2.66. The normalized spacial score (nSPS) is 10.5. The smallest absolute Gasteiger partial charge is 0.339 e. The fraction of sp³-hybridized carbons (Fsp3) is 0.500. The molecular weight excluding hydrogens is 184 g/mol. The van der Waals surface area contributed by atoms with Gasteiger partial charge in [0.15, 0.2) is 0 Å². The molecule has 0 aliphatic carbocycles. The molecule has 72 valence electrons. The van der Waals surface area contributed by atoms with Crippen molar-refractivity contribution in [2.24, 2.45) is 0 Å². The van der Waals surface area contributed by atoms with Gasteiger partial charge in [-0.25, -0.2) is 4.79 Å². The molecule has 0 saturated heterocycles. The lowest BCUT2D eigenvalue weighted by Gasteiger charge is -2.05. The van der Waals surface area contributed by atoms with Crippen molar-refractivity contribution in [2.45, 2.75) is 33.3 Å². The second-order valence-corrected chi connectivity index (χ2v) is 4.11. The molecule has 0 aliphatic heterocycles. The van der Waals surface area contributed by atoms with Crippen molar-refractivity contribution in [1.29, 1.82) is 0 Å². The summed E-state index contributed by atoms with van der Waals surface area (Å²) < 4.78 is 5.06. The van der Waals surface area contributed by atoms with Crippen LogP contribution in [0.1, 0.15) is 36.0 Å². The van der Waals surface area contributed by atoms with Gasteiger partial charge in [-0.05, 0) is 26.3 Å². The molecule has 0 aromatic carbocycles. The topological polar surface area (TPSA) is 26.3 Å². The zero-order chi connectivity index (χ0) is 9.84. The fourth-order valence-electron chi connectivity index (χ4n) is 0.955. The third-order valence-electron chi connectivity index (χ3n) is 1.58. The highest BCUT2D eigenvalue weighted by molar-refractivity contribution is 7.10. The number of esters is 1. The van der Waals surface area contributed by atoms with Gasteiger partial charge in [0.1, 0.15) is 0 Å². The largest absolute Gasteiger partial charge is 0.459 e. The third-order valence-corrected chi connectivity index (χ3v) is 2.66. The summed E-state index contributed by atoms with van der Waals surface area (Å²) in [4.78, 5) is 12.6. The van der Waals surface area contributed by atoms with Crippen LogP contribution >= 0.6 is 11.3 Å². The van der Waals surface area contributed by atoms with E-state index in [1.165, 1.54) is 4.88 Å². The molecule has 0 atom stereocenters. The number of hydrogen-bond acceptors (Lipinski definition) is 3. The fourth-order valence-corrected chi connectivity index (χ4v) is 1.76. The van der Waals surface area contributed by atoms with Crippen LogP contribution in [0, 0.1) is 0 Å². The van der Waals surface area contributed by atoms with Crippen molar-refractivity contribution in [3.8, 4) is 0 Å². The van der Waals surface area contributed by atoms with E-state index in [0.717, 1.165) is 6.42 Å². The van der Waals surface area contributed by atoms with Crippen molar-refractivity contribution in [2.75, 3.05) is 0 Å². The van der Waals surface area contributed by atoms with Crippen molar-refractivity contribution >= 4 is 17.3 Å². The Morgan fingerprint density at radius 2 is 2.31 bits per heavy atom. The molecule has 2 nitrogen and oxygen atoms in total. The van der Waals surface area contributed by atoms with Gasteiger partial charge in [-0.1, -0.05) is 6.92 Å². The minimum Gasteiger partial charge on any atom is -0.459 e. The minimum atomic E-state index is -0.217. The first-order chi connectivity index (χ1) is 6.13. The number of rotatable bonds is 3. The molecule has 0 bridgehead atoms. The predicted octanol–water partition coefficient (Wildman–Crippen LogP) is 2.88. The number of carbonyl (C=O) groups excluding carboxylic acids is 1. The van der Waals surface area contributed by atoms with Crippen molar-refractivity contribution in [1.82, 2.24) is 0 Å². The summed E-state index contributed by atoms with van der Waals surface area (Å²) in [7, 11) is 0. The zero-order valence-corrected chi connectivity index (χ0v) is 8.98. The SMILES string of the molecule is CCc1cc(C(=O)OC(C)C)cs1. The Kier molecular flexibility index (Phi) is 3.48. The average Bonchev–Trinajstić information content (AvgIpc) is 2.50. The van der Waals surface area contributed by atoms with Crippen LogP contribution < -0.4 is 0 Å². The molecule has 0 spiro atoms. The highest BCUT2D eigenvalue weighted by Crippen LogP contribution is 2.16. The van der Waals surface area contributed by atoms with Gasteiger partial charge in [-0.3, -0.25) is 0 Å². The first kappa shape index (κ1) is 10.3. The van der Waals surface area contributed by atoms with Crippen LogP contribution in [0.5, 0.6) is 0 Å². The minimum absolute atomic E-state index is 0.0440. The lowest BCUT2D eigenvalue weighted by Crippen LogP contribution is -2.10. The average molecular weight is 198 g/mol. The second-order valence-electron chi connectivity index (χ2n) is 3.11. The molecule has 0 amide bonds.